The Labute approximate surface area is 338 Å². The molecule has 0 aromatic rings. The molecular weight excluding hydrogens is 786 g/mol. The van der Waals surface area contributed by atoms with Gasteiger partial charge in [0.05, 0.1) is 38.1 Å². The molecule has 18 heteroatoms. The first-order chi connectivity index (χ1) is 27.0. The molecule has 0 saturated heterocycles. The molecule has 16 nitrogen and oxygen atoms in total. The second-order valence-corrected chi connectivity index (χ2v) is 16.3. The summed E-state index contributed by atoms with van der Waals surface area (Å²) >= 11 is 0. The number of phosphoric acid groups is 2. The molecule has 0 aliphatic rings. The van der Waals surface area contributed by atoms with E-state index in [0.29, 0.717) is 18.8 Å². The Morgan fingerprint density at radius 1 is 0.649 bits per heavy atom. The van der Waals surface area contributed by atoms with Crippen molar-refractivity contribution >= 4 is 27.6 Å². The normalized spacial score (nSPS) is 17.0. The molecule has 0 spiro atoms. The fraction of sp³-hybridized carbons (Fsp3) is 0.692. The van der Waals surface area contributed by atoms with Crippen molar-refractivity contribution < 1.29 is 76.9 Å². The Balaban J connectivity index is 4.90. The SMILES string of the molecule is CC/C=C\C[C@@H](O)/C=C/C=C/C=C\C=C/[C@H](O)[C@@H](O)CCCC(=O)OC[C@H](COP(=O)(O)OC[C@@H](O)COP(=O)(O)O)OC(=O)CCCCCCCCC(C)CC. The van der Waals surface area contributed by atoms with Gasteiger partial charge in [-0.1, -0.05) is 126 Å². The highest BCUT2D eigenvalue weighted by atomic mass is 31.2. The molecular formula is C39H68O16P2. The van der Waals surface area contributed by atoms with Crippen LogP contribution < -0.4 is 0 Å². The minimum absolute atomic E-state index is 0.0529. The lowest BCUT2D eigenvalue weighted by atomic mass is 10.00. The monoisotopic (exact) mass is 854 g/mol. The smallest absolute Gasteiger partial charge is 0.462 e. The van der Waals surface area contributed by atoms with Crippen molar-refractivity contribution in [2.75, 3.05) is 26.4 Å². The van der Waals surface area contributed by atoms with E-state index in [-0.39, 0.29) is 25.7 Å². The van der Waals surface area contributed by atoms with E-state index < -0.39 is 84.5 Å². The zero-order chi connectivity index (χ0) is 43.0. The average Bonchev–Trinajstić information content (AvgIpc) is 3.15. The maximum Gasteiger partial charge on any atom is 0.472 e. The van der Waals surface area contributed by atoms with E-state index >= 15 is 0 Å². The standard InChI is InChI=1S/C39H68O16P2/c1-4-6-15-22-33(40)23-17-12-8-9-13-18-24-36(42)37(43)25-20-27-38(44)51-30-35(31-54-57(49,50)53-29-34(41)28-52-56(46,47)48)55-39(45)26-19-14-10-7-11-16-21-32(3)5-2/h6,8-9,12-13,15,17-18,23-24,32-37,40-43H,4-5,7,10-11,14,16,19-22,25-31H2,1-3H3,(H,49,50)(H2,46,47,48)/b12-8+,13-9-,15-6-,23-17+,24-18-/t32?,33-,34+,35-,36+,37+/m1/s1. The summed E-state index contributed by atoms with van der Waals surface area (Å²) in [6.07, 6.45) is 20.7. The highest BCUT2D eigenvalue weighted by molar-refractivity contribution is 7.47. The molecule has 330 valence electrons. The number of carbonyl (C=O) groups excluding carboxylic acids is 2. The summed E-state index contributed by atoms with van der Waals surface area (Å²) in [6, 6.07) is 0. The van der Waals surface area contributed by atoms with E-state index in [2.05, 4.69) is 22.9 Å². The first-order valence-corrected chi connectivity index (χ1v) is 22.7. The van der Waals surface area contributed by atoms with E-state index in [0.717, 1.165) is 44.9 Å². The van der Waals surface area contributed by atoms with Gasteiger partial charge in [0, 0.05) is 12.8 Å². The van der Waals surface area contributed by atoms with E-state index in [1.54, 1.807) is 42.5 Å². The van der Waals surface area contributed by atoms with Gasteiger partial charge in [0.25, 0.3) is 0 Å². The van der Waals surface area contributed by atoms with Crippen molar-refractivity contribution in [1.82, 2.24) is 0 Å². The molecule has 0 aromatic carbocycles. The number of ether oxygens (including phenoxy) is 2. The zero-order valence-corrected chi connectivity index (χ0v) is 35.5. The topological polar surface area (TPSA) is 256 Å². The van der Waals surface area contributed by atoms with Gasteiger partial charge in [-0.25, -0.2) is 9.13 Å². The van der Waals surface area contributed by atoms with Gasteiger partial charge in [-0.3, -0.25) is 23.2 Å². The van der Waals surface area contributed by atoms with Gasteiger partial charge in [0.2, 0.25) is 0 Å². The van der Waals surface area contributed by atoms with Crippen molar-refractivity contribution in [2.45, 2.75) is 141 Å². The van der Waals surface area contributed by atoms with Crippen LogP contribution >= 0.6 is 15.6 Å². The van der Waals surface area contributed by atoms with Crippen LogP contribution in [0, 0.1) is 5.92 Å². The number of hydrogen-bond acceptors (Lipinski definition) is 13. The molecule has 7 N–H and O–H groups in total. The van der Waals surface area contributed by atoms with Crippen LogP contribution in [0.25, 0.3) is 0 Å². The van der Waals surface area contributed by atoms with E-state index in [1.165, 1.54) is 12.5 Å². The molecule has 0 aromatic heterocycles. The van der Waals surface area contributed by atoms with Crippen LogP contribution in [0.4, 0.5) is 0 Å². The van der Waals surface area contributed by atoms with Crippen LogP contribution in [-0.4, -0.2) is 104 Å². The number of hydrogen-bond donors (Lipinski definition) is 7. The van der Waals surface area contributed by atoms with Gasteiger partial charge >= 0.3 is 27.6 Å². The molecule has 0 heterocycles. The maximum atomic E-state index is 12.6. The third-order valence-electron chi connectivity index (χ3n) is 8.29. The number of rotatable bonds is 35. The fourth-order valence-corrected chi connectivity index (χ4v) is 5.94. The Kier molecular flexibility index (Phi) is 32.2. The summed E-state index contributed by atoms with van der Waals surface area (Å²) in [6.45, 7) is 3.36. The molecule has 57 heavy (non-hydrogen) atoms. The molecule has 0 radical (unpaired) electrons. The zero-order valence-electron chi connectivity index (χ0n) is 33.7. The van der Waals surface area contributed by atoms with Crippen LogP contribution in [0.15, 0.2) is 60.8 Å². The van der Waals surface area contributed by atoms with Crippen LogP contribution in [0.5, 0.6) is 0 Å². The number of esters is 2. The number of carbonyl (C=O) groups is 2. The second-order valence-electron chi connectivity index (χ2n) is 13.6. The molecule has 0 amide bonds. The highest BCUT2D eigenvalue weighted by Crippen LogP contribution is 2.43. The molecule has 0 aliphatic carbocycles. The number of aliphatic hydroxyl groups is 4. The fourth-order valence-electron chi connectivity index (χ4n) is 4.78. The quantitative estimate of drug-likeness (QED) is 0.0126. The molecule has 7 atom stereocenters. The van der Waals surface area contributed by atoms with Crippen LogP contribution in [0.2, 0.25) is 0 Å². The minimum atomic E-state index is -4.90. The first kappa shape index (κ1) is 54.7. The maximum absolute atomic E-state index is 12.6. The summed E-state index contributed by atoms with van der Waals surface area (Å²) in [4.78, 5) is 52.5. The van der Waals surface area contributed by atoms with Crippen molar-refractivity contribution in [1.29, 1.82) is 0 Å². The summed E-state index contributed by atoms with van der Waals surface area (Å²) in [5.41, 5.74) is 0. The predicted octanol–water partition coefficient (Wildman–Crippen LogP) is 6.05. The Bertz CT molecular complexity index is 1310. The van der Waals surface area contributed by atoms with Gasteiger partial charge in [-0.15, -0.1) is 0 Å². The third kappa shape index (κ3) is 35.4. The lowest BCUT2D eigenvalue weighted by Gasteiger charge is -2.20. The van der Waals surface area contributed by atoms with Crippen molar-refractivity contribution in [3.05, 3.63) is 60.8 Å². The largest absolute Gasteiger partial charge is 0.472 e. The van der Waals surface area contributed by atoms with Gasteiger partial charge in [0.15, 0.2) is 6.10 Å². The summed E-state index contributed by atoms with van der Waals surface area (Å²) in [5.74, 6) is -0.665. The molecule has 0 saturated carbocycles. The Morgan fingerprint density at radius 2 is 1.23 bits per heavy atom. The number of aliphatic hydroxyl groups excluding tert-OH is 4. The Hall–Kier alpha value is -2.30. The van der Waals surface area contributed by atoms with Crippen LogP contribution in [0.1, 0.15) is 111 Å². The van der Waals surface area contributed by atoms with E-state index in [4.69, 9.17) is 23.8 Å². The number of allylic oxidation sites excluding steroid dienone is 7. The Morgan fingerprint density at radius 3 is 1.88 bits per heavy atom. The van der Waals surface area contributed by atoms with E-state index in [1.807, 2.05) is 19.1 Å². The highest BCUT2D eigenvalue weighted by Gasteiger charge is 2.28. The van der Waals surface area contributed by atoms with Gasteiger partial charge in [-0.2, -0.15) is 0 Å². The summed E-state index contributed by atoms with van der Waals surface area (Å²) in [7, 11) is -9.78. The van der Waals surface area contributed by atoms with Crippen LogP contribution in [-0.2, 0) is 41.8 Å². The lowest BCUT2D eigenvalue weighted by molar-refractivity contribution is -0.161. The molecule has 2 unspecified atom stereocenters. The van der Waals surface area contributed by atoms with Crippen molar-refractivity contribution in [3.8, 4) is 0 Å². The van der Waals surface area contributed by atoms with Gasteiger partial charge in [0.1, 0.15) is 12.7 Å². The third-order valence-corrected chi connectivity index (χ3v) is 9.73. The average molecular weight is 855 g/mol. The molecule has 0 aliphatic heterocycles. The van der Waals surface area contributed by atoms with Crippen molar-refractivity contribution in [3.63, 3.8) is 0 Å². The molecule has 0 fully saturated rings. The summed E-state index contributed by atoms with van der Waals surface area (Å²) in [5, 5.41) is 40.0. The van der Waals surface area contributed by atoms with E-state index in [9.17, 15) is 44.0 Å². The van der Waals surface area contributed by atoms with Crippen LogP contribution in [0.3, 0.4) is 0 Å². The lowest BCUT2D eigenvalue weighted by Crippen LogP contribution is -2.30. The second kappa shape index (κ2) is 33.5. The molecule has 0 bridgehead atoms. The first-order valence-electron chi connectivity index (χ1n) is 19.7. The predicted molar refractivity (Wildman–Crippen MR) is 215 cm³/mol. The minimum Gasteiger partial charge on any atom is -0.462 e. The van der Waals surface area contributed by atoms with Gasteiger partial charge < -0.3 is 44.6 Å². The van der Waals surface area contributed by atoms with Crippen molar-refractivity contribution in [2.24, 2.45) is 5.92 Å². The summed E-state index contributed by atoms with van der Waals surface area (Å²) < 4.78 is 47.3. The molecule has 0 rings (SSSR count). The number of phosphoric ester groups is 2. The number of unbranched alkanes of at least 4 members (excludes halogenated alkanes) is 5. The van der Waals surface area contributed by atoms with Gasteiger partial charge in [-0.05, 0) is 38.0 Å².